The smallest absolute Gasteiger partial charge is 0.167 e. The van der Waals surface area contributed by atoms with Gasteiger partial charge in [0.05, 0.1) is 16.7 Å². The number of hydrogen-bond acceptors (Lipinski definition) is 2. The van der Waals surface area contributed by atoms with Crippen molar-refractivity contribution >= 4 is 11.6 Å². The van der Waals surface area contributed by atoms with Crippen LogP contribution in [0.2, 0.25) is 5.02 Å². The van der Waals surface area contributed by atoms with Gasteiger partial charge in [-0.05, 0) is 42.8 Å². The van der Waals surface area contributed by atoms with Crippen molar-refractivity contribution in [3.05, 3.63) is 58.4 Å². The lowest BCUT2D eigenvalue weighted by atomic mass is 10.2. The summed E-state index contributed by atoms with van der Waals surface area (Å²) in [4.78, 5) is 0. The van der Waals surface area contributed by atoms with Gasteiger partial charge in [-0.15, -0.1) is 0 Å². The maximum atomic E-state index is 13.6. The standard InChI is InChI=1S/C14H9ClFNO/c1-9-2-4-13(11(15)6-9)18-14-5-3-10(8-17)7-12(14)16/h2-7H,1H3. The van der Waals surface area contributed by atoms with E-state index in [1.54, 1.807) is 12.1 Å². The maximum absolute atomic E-state index is 13.6. The van der Waals surface area contributed by atoms with Gasteiger partial charge < -0.3 is 4.74 Å². The number of nitriles is 1. The predicted octanol–water partition coefficient (Wildman–Crippen LogP) is 4.45. The van der Waals surface area contributed by atoms with Crippen LogP contribution in [0.15, 0.2) is 36.4 Å². The van der Waals surface area contributed by atoms with E-state index in [4.69, 9.17) is 21.6 Å². The zero-order valence-electron chi connectivity index (χ0n) is 9.58. The number of ether oxygens (including phenoxy) is 1. The first-order valence-corrected chi connectivity index (χ1v) is 5.61. The Hall–Kier alpha value is -2.05. The molecule has 0 saturated carbocycles. The fourth-order valence-electron chi connectivity index (χ4n) is 1.46. The van der Waals surface area contributed by atoms with Crippen LogP contribution in [-0.4, -0.2) is 0 Å². The second-order valence-corrected chi connectivity index (χ2v) is 4.20. The summed E-state index contributed by atoms with van der Waals surface area (Å²) in [6, 6.07) is 11.1. The minimum atomic E-state index is -0.592. The molecule has 0 aliphatic carbocycles. The van der Waals surface area contributed by atoms with E-state index in [0.29, 0.717) is 10.8 Å². The summed E-state index contributed by atoms with van der Waals surface area (Å²) in [5, 5.41) is 9.05. The third-order valence-corrected chi connectivity index (χ3v) is 2.66. The molecule has 0 unspecified atom stereocenters. The number of aryl methyl sites for hydroxylation is 1. The van der Waals surface area contributed by atoms with Gasteiger partial charge in [0.15, 0.2) is 11.6 Å². The molecule has 0 saturated heterocycles. The molecule has 0 aliphatic rings. The van der Waals surface area contributed by atoms with Crippen molar-refractivity contribution in [3.63, 3.8) is 0 Å². The zero-order valence-corrected chi connectivity index (χ0v) is 10.3. The summed E-state index contributed by atoms with van der Waals surface area (Å²) < 4.78 is 19.0. The van der Waals surface area contributed by atoms with Crippen LogP contribution in [0.25, 0.3) is 0 Å². The number of rotatable bonds is 2. The van der Waals surface area contributed by atoms with Crippen LogP contribution < -0.4 is 4.74 Å². The minimum Gasteiger partial charge on any atom is -0.453 e. The monoisotopic (exact) mass is 261 g/mol. The molecule has 4 heteroatoms. The highest BCUT2D eigenvalue weighted by Gasteiger charge is 2.08. The van der Waals surface area contributed by atoms with E-state index in [1.165, 1.54) is 12.1 Å². The topological polar surface area (TPSA) is 33.0 Å². The van der Waals surface area contributed by atoms with E-state index >= 15 is 0 Å². The molecule has 0 aromatic heterocycles. The molecule has 2 nitrogen and oxygen atoms in total. The normalized spacial score (nSPS) is 9.89. The highest BCUT2D eigenvalue weighted by Crippen LogP contribution is 2.31. The van der Waals surface area contributed by atoms with Crippen LogP contribution in [0, 0.1) is 24.1 Å². The fraction of sp³-hybridized carbons (Fsp3) is 0.0714. The maximum Gasteiger partial charge on any atom is 0.167 e. The van der Waals surface area contributed by atoms with E-state index < -0.39 is 5.82 Å². The summed E-state index contributed by atoms with van der Waals surface area (Å²) in [5.74, 6) is -0.170. The first-order valence-electron chi connectivity index (χ1n) is 5.24. The summed E-state index contributed by atoms with van der Waals surface area (Å²) in [5.41, 5.74) is 1.24. The molecule has 0 heterocycles. The highest BCUT2D eigenvalue weighted by atomic mass is 35.5. The first kappa shape index (κ1) is 12.4. The molecular formula is C14H9ClFNO. The lowest BCUT2D eigenvalue weighted by Crippen LogP contribution is -1.90. The van der Waals surface area contributed by atoms with Crippen LogP contribution in [0.5, 0.6) is 11.5 Å². The van der Waals surface area contributed by atoms with Crippen LogP contribution in [-0.2, 0) is 0 Å². The van der Waals surface area contributed by atoms with Crippen LogP contribution >= 0.6 is 11.6 Å². The van der Waals surface area contributed by atoms with Crippen molar-refractivity contribution in [3.8, 4) is 17.6 Å². The molecule has 0 fully saturated rings. The summed E-state index contributed by atoms with van der Waals surface area (Å²) in [6.45, 7) is 1.90. The van der Waals surface area contributed by atoms with Gasteiger partial charge in [0.25, 0.3) is 0 Å². The van der Waals surface area contributed by atoms with E-state index in [9.17, 15) is 4.39 Å². The van der Waals surface area contributed by atoms with Crippen molar-refractivity contribution in [2.24, 2.45) is 0 Å². The quantitative estimate of drug-likeness (QED) is 0.800. The molecule has 0 atom stereocenters. The van der Waals surface area contributed by atoms with Gasteiger partial charge in [-0.25, -0.2) is 4.39 Å². The SMILES string of the molecule is Cc1ccc(Oc2ccc(C#N)cc2F)c(Cl)c1. The molecule has 0 aliphatic heterocycles. The van der Waals surface area contributed by atoms with Crippen molar-refractivity contribution in [1.29, 1.82) is 5.26 Å². The molecular weight excluding hydrogens is 253 g/mol. The van der Waals surface area contributed by atoms with Gasteiger partial charge in [0.2, 0.25) is 0 Å². The Morgan fingerprint density at radius 3 is 2.50 bits per heavy atom. The average Bonchev–Trinajstić information content (AvgIpc) is 2.34. The van der Waals surface area contributed by atoms with Crippen molar-refractivity contribution < 1.29 is 9.13 Å². The number of nitrogens with zero attached hydrogens (tertiary/aromatic N) is 1. The van der Waals surface area contributed by atoms with Crippen LogP contribution in [0.4, 0.5) is 4.39 Å². The van der Waals surface area contributed by atoms with Crippen molar-refractivity contribution in [2.45, 2.75) is 6.92 Å². The Morgan fingerprint density at radius 1 is 1.17 bits per heavy atom. The van der Waals surface area contributed by atoms with Crippen molar-refractivity contribution in [2.75, 3.05) is 0 Å². The Balaban J connectivity index is 2.32. The number of halogens is 2. The average molecular weight is 262 g/mol. The molecule has 2 aromatic rings. The third kappa shape index (κ3) is 2.61. The Morgan fingerprint density at radius 2 is 1.89 bits per heavy atom. The molecule has 0 radical (unpaired) electrons. The summed E-state index contributed by atoms with van der Waals surface area (Å²) in [6.07, 6.45) is 0. The van der Waals surface area contributed by atoms with Crippen molar-refractivity contribution in [1.82, 2.24) is 0 Å². The van der Waals surface area contributed by atoms with Gasteiger partial charge in [-0.3, -0.25) is 0 Å². The van der Waals surface area contributed by atoms with Gasteiger partial charge in [-0.2, -0.15) is 5.26 Å². The van der Waals surface area contributed by atoms with Gasteiger partial charge in [0.1, 0.15) is 5.75 Å². The molecule has 2 rings (SSSR count). The van der Waals surface area contributed by atoms with E-state index in [-0.39, 0.29) is 11.3 Å². The predicted molar refractivity (Wildman–Crippen MR) is 67.4 cm³/mol. The second-order valence-electron chi connectivity index (χ2n) is 3.79. The summed E-state index contributed by atoms with van der Waals surface area (Å²) in [7, 11) is 0. The molecule has 0 spiro atoms. The van der Waals surface area contributed by atoms with E-state index in [0.717, 1.165) is 11.6 Å². The second kappa shape index (κ2) is 5.07. The van der Waals surface area contributed by atoms with Crippen LogP contribution in [0.3, 0.4) is 0 Å². The minimum absolute atomic E-state index is 0.0414. The van der Waals surface area contributed by atoms with Gasteiger partial charge in [-0.1, -0.05) is 17.7 Å². The largest absolute Gasteiger partial charge is 0.453 e. The number of benzene rings is 2. The Bertz CT molecular complexity index is 634. The molecule has 2 aromatic carbocycles. The molecule has 0 amide bonds. The zero-order chi connectivity index (χ0) is 13.1. The van der Waals surface area contributed by atoms with E-state index in [2.05, 4.69) is 0 Å². The fourth-order valence-corrected chi connectivity index (χ4v) is 1.73. The van der Waals surface area contributed by atoms with Gasteiger partial charge >= 0.3 is 0 Å². The Labute approximate surface area is 109 Å². The summed E-state index contributed by atoms with van der Waals surface area (Å²) >= 11 is 5.99. The van der Waals surface area contributed by atoms with E-state index in [1.807, 2.05) is 19.1 Å². The number of hydrogen-bond donors (Lipinski definition) is 0. The molecule has 90 valence electrons. The first-order chi connectivity index (χ1) is 8.60. The Kier molecular flexibility index (Phi) is 3.50. The molecule has 18 heavy (non-hydrogen) atoms. The lowest BCUT2D eigenvalue weighted by Gasteiger charge is -2.09. The highest BCUT2D eigenvalue weighted by molar-refractivity contribution is 6.32. The van der Waals surface area contributed by atoms with Crippen LogP contribution in [0.1, 0.15) is 11.1 Å². The molecule has 0 N–H and O–H groups in total. The third-order valence-electron chi connectivity index (χ3n) is 2.37. The lowest BCUT2D eigenvalue weighted by molar-refractivity contribution is 0.442. The van der Waals surface area contributed by atoms with Gasteiger partial charge in [0, 0.05) is 0 Å². The molecule has 0 bridgehead atoms.